The van der Waals surface area contributed by atoms with E-state index in [1.807, 2.05) is 0 Å². The Morgan fingerprint density at radius 3 is 2.48 bits per heavy atom. The second-order valence-corrected chi connectivity index (χ2v) is 6.88. The number of benzene rings is 2. The maximum Gasteiger partial charge on any atom is 0.340 e. The summed E-state index contributed by atoms with van der Waals surface area (Å²) in [6.45, 7) is 1.58. The molecule has 0 bridgehead atoms. The number of methoxy groups -OCH3 is 1. The Labute approximate surface area is 175 Å². The molecular formula is C20H14Cl2N2O5. The second-order valence-electron chi connectivity index (χ2n) is 6.06. The number of halogens is 2. The minimum absolute atomic E-state index is 0.0155. The van der Waals surface area contributed by atoms with Crippen LogP contribution in [0.2, 0.25) is 10.0 Å². The number of nitro benzene ring substituents is 1. The molecule has 1 aliphatic heterocycles. The van der Waals surface area contributed by atoms with E-state index in [4.69, 9.17) is 27.9 Å². The monoisotopic (exact) mass is 432 g/mol. The van der Waals surface area contributed by atoms with Crippen LogP contribution >= 0.6 is 23.2 Å². The first-order chi connectivity index (χ1) is 13.8. The summed E-state index contributed by atoms with van der Waals surface area (Å²) >= 11 is 12.0. The molecule has 1 amide bonds. The molecule has 0 radical (unpaired) electrons. The Bertz CT molecular complexity index is 1110. The van der Waals surface area contributed by atoms with Crippen molar-refractivity contribution < 1.29 is 19.2 Å². The molecule has 2 aromatic carbocycles. The van der Waals surface area contributed by atoms with Crippen molar-refractivity contribution in [2.75, 3.05) is 12.0 Å². The van der Waals surface area contributed by atoms with Gasteiger partial charge in [0.25, 0.3) is 11.6 Å². The number of para-hydroxylation sites is 1. The first-order valence-electron chi connectivity index (χ1n) is 8.30. The van der Waals surface area contributed by atoms with E-state index < -0.39 is 16.8 Å². The van der Waals surface area contributed by atoms with E-state index in [9.17, 15) is 19.7 Å². The summed E-state index contributed by atoms with van der Waals surface area (Å²) in [4.78, 5) is 37.6. The second kappa shape index (κ2) is 8.06. The summed E-state index contributed by atoms with van der Waals surface area (Å²) in [6.07, 6.45) is 1.31. The fraction of sp³-hybridized carbons (Fsp3) is 0.100. The smallest absolute Gasteiger partial charge is 0.340 e. The van der Waals surface area contributed by atoms with Crippen LogP contribution in [0.25, 0.3) is 6.08 Å². The number of allylic oxidation sites excluding steroid dienone is 1. The van der Waals surface area contributed by atoms with Crippen LogP contribution in [0.15, 0.2) is 59.3 Å². The van der Waals surface area contributed by atoms with Crippen LogP contribution < -0.4 is 4.90 Å². The third-order valence-electron chi connectivity index (χ3n) is 4.38. The minimum Gasteiger partial charge on any atom is -0.465 e. The zero-order chi connectivity index (χ0) is 21.3. The van der Waals surface area contributed by atoms with E-state index in [0.717, 1.165) is 0 Å². The first-order valence-corrected chi connectivity index (χ1v) is 9.06. The lowest BCUT2D eigenvalue weighted by Gasteiger charge is -2.18. The maximum atomic E-state index is 13.2. The molecule has 7 nitrogen and oxygen atoms in total. The predicted octanol–water partition coefficient (Wildman–Crippen LogP) is 4.78. The van der Waals surface area contributed by atoms with Crippen LogP contribution in [0.5, 0.6) is 0 Å². The minimum atomic E-state index is -0.733. The number of nitro groups is 1. The van der Waals surface area contributed by atoms with E-state index >= 15 is 0 Å². The Hall–Kier alpha value is -3.16. The lowest BCUT2D eigenvalue weighted by molar-refractivity contribution is -0.385. The van der Waals surface area contributed by atoms with Gasteiger partial charge in [-0.05, 0) is 37.3 Å². The molecule has 0 fully saturated rings. The molecule has 2 aromatic rings. The van der Waals surface area contributed by atoms with Gasteiger partial charge in [0.2, 0.25) is 0 Å². The highest BCUT2D eigenvalue weighted by molar-refractivity contribution is 6.42. The molecule has 29 heavy (non-hydrogen) atoms. The maximum absolute atomic E-state index is 13.2. The summed E-state index contributed by atoms with van der Waals surface area (Å²) < 4.78 is 4.83. The molecule has 1 heterocycles. The molecule has 148 valence electrons. The van der Waals surface area contributed by atoms with Crippen LogP contribution in [-0.4, -0.2) is 23.9 Å². The van der Waals surface area contributed by atoms with E-state index in [1.54, 1.807) is 19.1 Å². The third kappa shape index (κ3) is 3.74. The summed E-state index contributed by atoms with van der Waals surface area (Å²) in [6, 6.07) is 10.5. The van der Waals surface area contributed by atoms with Crippen molar-refractivity contribution in [2.45, 2.75) is 6.92 Å². The van der Waals surface area contributed by atoms with Crippen molar-refractivity contribution in [2.24, 2.45) is 0 Å². The Morgan fingerprint density at radius 2 is 1.86 bits per heavy atom. The zero-order valence-electron chi connectivity index (χ0n) is 15.3. The van der Waals surface area contributed by atoms with Gasteiger partial charge in [-0.3, -0.25) is 19.8 Å². The molecule has 0 aromatic heterocycles. The molecule has 0 saturated carbocycles. The van der Waals surface area contributed by atoms with Crippen molar-refractivity contribution in [3.8, 4) is 0 Å². The molecular weight excluding hydrogens is 419 g/mol. The normalized spacial score (nSPS) is 15.2. The quantitative estimate of drug-likeness (QED) is 0.300. The van der Waals surface area contributed by atoms with Gasteiger partial charge in [0.1, 0.15) is 0 Å². The van der Waals surface area contributed by atoms with Gasteiger partial charge in [0.15, 0.2) is 0 Å². The molecule has 0 saturated heterocycles. The fourth-order valence-electron chi connectivity index (χ4n) is 3.05. The average Bonchev–Trinajstić information content (AvgIpc) is 2.93. The van der Waals surface area contributed by atoms with Gasteiger partial charge in [-0.2, -0.15) is 0 Å². The van der Waals surface area contributed by atoms with E-state index in [2.05, 4.69) is 0 Å². The van der Waals surface area contributed by atoms with Gasteiger partial charge in [-0.1, -0.05) is 35.3 Å². The van der Waals surface area contributed by atoms with Crippen molar-refractivity contribution >= 4 is 52.5 Å². The number of amides is 1. The number of esters is 1. The number of nitrogens with zero attached hydrogens (tertiary/aromatic N) is 2. The van der Waals surface area contributed by atoms with E-state index in [1.165, 1.54) is 48.4 Å². The van der Waals surface area contributed by atoms with Crippen molar-refractivity contribution in [3.05, 3.63) is 85.0 Å². The number of ether oxygens (including phenoxy) is 1. The van der Waals surface area contributed by atoms with Crippen molar-refractivity contribution in [1.82, 2.24) is 0 Å². The number of carbonyl (C=O) groups is 2. The summed E-state index contributed by atoms with van der Waals surface area (Å²) in [5, 5.41) is 11.9. The lowest BCUT2D eigenvalue weighted by Crippen LogP contribution is -2.24. The highest BCUT2D eigenvalue weighted by Crippen LogP contribution is 2.38. The molecule has 0 atom stereocenters. The molecule has 0 N–H and O–H groups in total. The molecule has 3 rings (SSSR count). The molecule has 0 aliphatic carbocycles. The van der Waals surface area contributed by atoms with E-state index in [-0.39, 0.29) is 27.4 Å². The fourth-order valence-corrected chi connectivity index (χ4v) is 3.34. The van der Waals surface area contributed by atoms with Crippen LogP contribution in [0.4, 0.5) is 11.4 Å². The SMILES string of the molecule is COC(=O)C1=C(C)N(c2ccc(Cl)c(Cl)c2)C(=O)/C1=C\c1ccccc1[N+](=O)[O-]. The van der Waals surface area contributed by atoms with Crippen LogP contribution in [0.1, 0.15) is 12.5 Å². The number of hydrogen-bond donors (Lipinski definition) is 0. The third-order valence-corrected chi connectivity index (χ3v) is 5.12. The highest BCUT2D eigenvalue weighted by Gasteiger charge is 2.38. The molecule has 9 heteroatoms. The van der Waals surface area contributed by atoms with E-state index in [0.29, 0.717) is 16.4 Å². The van der Waals surface area contributed by atoms with Crippen molar-refractivity contribution in [3.63, 3.8) is 0 Å². The Balaban J connectivity index is 2.20. The summed E-state index contributed by atoms with van der Waals surface area (Å²) in [7, 11) is 1.19. The van der Waals surface area contributed by atoms with Gasteiger partial charge < -0.3 is 4.74 Å². The van der Waals surface area contributed by atoms with Crippen LogP contribution in [0, 0.1) is 10.1 Å². The molecule has 0 unspecified atom stereocenters. The molecule has 0 spiro atoms. The largest absolute Gasteiger partial charge is 0.465 e. The standard InChI is InChI=1S/C20H14Cl2N2O5/c1-11-18(20(26)29-2)14(9-12-5-3-4-6-17(12)24(27)28)19(25)23(11)13-7-8-15(21)16(22)10-13/h3-10H,1-2H3/b14-9-. The summed E-state index contributed by atoms with van der Waals surface area (Å²) in [5.74, 6) is -1.28. The number of anilines is 1. The Kier molecular flexibility index (Phi) is 5.72. The van der Waals surface area contributed by atoms with Gasteiger partial charge in [-0.15, -0.1) is 0 Å². The first kappa shape index (κ1) is 20.6. The van der Waals surface area contributed by atoms with Crippen LogP contribution in [0.3, 0.4) is 0 Å². The zero-order valence-corrected chi connectivity index (χ0v) is 16.8. The summed E-state index contributed by atoms with van der Waals surface area (Å²) in [5.41, 5.74) is 0.699. The number of rotatable bonds is 4. The number of carbonyl (C=O) groups excluding carboxylic acids is 2. The van der Waals surface area contributed by atoms with Gasteiger partial charge in [0.05, 0.1) is 44.5 Å². The Morgan fingerprint density at radius 1 is 1.17 bits per heavy atom. The number of hydrogen-bond acceptors (Lipinski definition) is 5. The lowest BCUT2D eigenvalue weighted by atomic mass is 10.0. The van der Waals surface area contributed by atoms with Gasteiger partial charge in [0, 0.05) is 11.8 Å². The van der Waals surface area contributed by atoms with Gasteiger partial charge in [-0.25, -0.2) is 4.79 Å². The van der Waals surface area contributed by atoms with Gasteiger partial charge >= 0.3 is 5.97 Å². The predicted molar refractivity (Wildman–Crippen MR) is 110 cm³/mol. The molecule has 1 aliphatic rings. The highest BCUT2D eigenvalue weighted by atomic mass is 35.5. The van der Waals surface area contributed by atoms with Crippen molar-refractivity contribution in [1.29, 1.82) is 0 Å². The average molecular weight is 433 g/mol. The topological polar surface area (TPSA) is 89.8 Å². The van der Waals surface area contributed by atoms with Crippen LogP contribution in [-0.2, 0) is 14.3 Å².